The highest BCUT2D eigenvalue weighted by Crippen LogP contribution is 2.56. The van der Waals surface area contributed by atoms with Gasteiger partial charge in [0.2, 0.25) is 11.8 Å². The molecule has 2 aromatic carbocycles. The zero-order valence-corrected chi connectivity index (χ0v) is 31.0. The molecule has 0 radical (unpaired) electrons. The minimum atomic E-state index is -1.01. The number of amides is 5. The Morgan fingerprint density at radius 1 is 0.909 bits per heavy atom. The molecule has 8 rings (SSSR count). The van der Waals surface area contributed by atoms with Crippen LogP contribution in [-0.4, -0.2) is 88.8 Å². The van der Waals surface area contributed by atoms with E-state index in [0.717, 1.165) is 21.8 Å². The van der Waals surface area contributed by atoms with Gasteiger partial charge in [0, 0.05) is 72.9 Å². The Bertz CT molecular complexity index is 2310. The molecule has 1 aliphatic carbocycles. The molecule has 2 aromatic heterocycles. The number of benzene rings is 2. The van der Waals surface area contributed by atoms with E-state index in [-0.39, 0.29) is 42.0 Å². The van der Waals surface area contributed by atoms with Crippen LogP contribution in [0.25, 0.3) is 10.9 Å². The molecule has 0 bridgehead atoms. The molecule has 1 unspecified atom stereocenters. The minimum absolute atomic E-state index is 0.0665. The standard InChI is InChI=1S/C41H40N8O6/c1-40(2)38(41(3,4)39(40)55-30-12-7-23(21-42)33-27(30)6-5-15-43-33)46-34(51)24-8-13-31(44-22-24)48-18-16-47(17-19-48)25-9-10-26-28(20-25)37(54)49(36(26)53)29-11-14-32(50)45-35(29)52/h5-10,12-13,15,20,22,29,38-39H,11,14,16-19H2,1-4H3,(H,46,51)(H,45,50,52)/t29?,38-,39-. The Balaban J connectivity index is 0.882. The summed E-state index contributed by atoms with van der Waals surface area (Å²) in [6.45, 7) is 10.9. The van der Waals surface area contributed by atoms with Gasteiger partial charge in [-0.3, -0.25) is 39.2 Å². The first kappa shape index (κ1) is 35.7. The van der Waals surface area contributed by atoms with Crippen LogP contribution in [0.1, 0.15) is 77.2 Å². The van der Waals surface area contributed by atoms with E-state index in [1.165, 1.54) is 0 Å². The number of hydrogen-bond donors (Lipinski definition) is 2. The SMILES string of the molecule is CC1(C)[C@H](NC(=O)c2ccc(N3CCN(c4ccc5c(c4)C(=O)N(C4CCC(=O)NC4=O)C5=O)CC3)nc2)C(C)(C)[C@H]1Oc1ccc(C#N)c2ncccc12. The summed E-state index contributed by atoms with van der Waals surface area (Å²) < 4.78 is 6.62. The maximum Gasteiger partial charge on any atom is 0.262 e. The largest absolute Gasteiger partial charge is 0.488 e. The average molecular weight is 741 g/mol. The van der Waals surface area contributed by atoms with Crippen LogP contribution in [-0.2, 0) is 9.59 Å². The van der Waals surface area contributed by atoms with E-state index in [9.17, 15) is 29.2 Å². The molecule has 55 heavy (non-hydrogen) atoms. The van der Waals surface area contributed by atoms with Gasteiger partial charge in [-0.1, -0.05) is 27.7 Å². The highest BCUT2D eigenvalue weighted by atomic mass is 16.5. The second-order valence-corrected chi connectivity index (χ2v) is 15.7. The Kier molecular flexibility index (Phi) is 8.55. The second kappa shape index (κ2) is 13.2. The fraction of sp³-hybridized carbons (Fsp3) is 0.366. The number of anilines is 2. The van der Waals surface area contributed by atoms with Crippen LogP contribution in [0.15, 0.2) is 67.0 Å². The van der Waals surface area contributed by atoms with E-state index < -0.39 is 40.5 Å². The van der Waals surface area contributed by atoms with Crippen LogP contribution in [0.5, 0.6) is 5.75 Å². The van der Waals surface area contributed by atoms with Crippen molar-refractivity contribution in [2.75, 3.05) is 36.0 Å². The highest BCUT2D eigenvalue weighted by Gasteiger charge is 2.64. The van der Waals surface area contributed by atoms with Gasteiger partial charge < -0.3 is 19.9 Å². The number of nitrogens with one attached hydrogen (secondary N) is 2. The maximum atomic E-state index is 13.6. The molecule has 2 N–H and O–H groups in total. The number of carbonyl (C=O) groups excluding carboxylic acids is 5. The van der Waals surface area contributed by atoms with E-state index in [1.807, 2.05) is 30.3 Å². The van der Waals surface area contributed by atoms with Gasteiger partial charge in [-0.25, -0.2) is 4.98 Å². The van der Waals surface area contributed by atoms with Crippen LogP contribution < -0.4 is 25.2 Å². The molecular weight excluding hydrogens is 701 g/mol. The predicted octanol–water partition coefficient (Wildman–Crippen LogP) is 3.84. The van der Waals surface area contributed by atoms with Crippen LogP contribution in [0, 0.1) is 22.2 Å². The lowest BCUT2D eigenvalue weighted by molar-refractivity contribution is -0.163. The number of ether oxygens (including phenoxy) is 1. The van der Waals surface area contributed by atoms with Gasteiger partial charge in [-0.2, -0.15) is 5.26 Å². The number of hydrogen-bond acceptors (Lipinski definition) is 11. The maximum absolute atomic E-state index is 13.6. The lowest BCUT2D eigenvalue weighted by Crippen LogP contribution is -2.74. The minimum Gasteiger partial charge on any atom is -0.488 e. The van der Waals surface area contributed by atoms with Crippen LogP contribution >= 0.6 is 0 Å². The molecule has 3 aliphatic heterocycles. The van der Waals surface area contributed by atoms with Gasteiger partial charge in [-0.05, 0) is 61.0 Å². The van der Waals surface area contributed by atoms with Gasteiger partial charge in [0.05, 0.1) is 27.8 Å². The Hall–Kier alpha value is -6.36. The molecule has 2 saturated heterocycles. The fourth-order valence-corrected chi connectivity index (χ4v) is 9.04. The number of fused-ring (bicyclic) bond motifs is 2. The monoisotopic (exact) mass is 740 g/mol. The van der Waals surface area contributed by atoms with Crippen molar-refractivity contribution in [3.63, 3.8) is 0 Å². The van der Waals surface area contributed by atoms with Crippen molar-refractivity contribution >= 4 is 51.9 Å². The Labute approximate surface area is 317 Å². The van der Waals surface area contributed by atoms with Crippen molar-refractivity contribution in [2.45, 2.75) is 58.7 Å². The molecule has 1 saturated carbocycles. The summed E-state index contributed by atoms with van der Waals surface area (Å²) in [5.74, 6) is -0.938. The molecule has 280 valence electrons. The van der Waals surface area contributed by atoms with Crippen molar-refractivity contribution in [3.8, 4) is 11.8 Å². The van der Waals surface area contributed by atoms with Crippen LogP contribution in [0.4, 0.5) is 11.5 Å². The first-order valence-corrected chi connectivity index (χ1v) is 18.4. The number of piperidine rings is 1. The smallest absolute Gasteiger partial charge is 0.262 e. The Morgan fingerprint density at radius 2 is 1.64 bits per heavy atom. The molecule has 5 amide bonds. The molecule has 4 aromatic rings. The zero-order chi connectivity index (χ0) is 38.8. The van der Waals surface area contributed by atoms with Gasteiger partial charge in [0.15, 0.2) is 0 Å². The lowest BCUT2D eigenvalue weighted by atomic mass is 9.49. The highest BCUT2D eigenvalue weighted by molar-refractivity contribution is 6.23. The number of carbonyl (C=O) groups is 5. The summed E-state index contributed by atoms with van der Waals surface area (Å²) in [6.07, 6.45) is 3.20. The number of imide groups is 2. The number of rotatable bonds is 7. The first-order valence-electron chi connectivity index (χ1n) is 18.4. The normalized spacial score (nSPS) is 22.8. The van der Waals surface area contributed by atoms with Crippen molar-refractivity contribution < 1.29 is 28.7 Å². The summed E-state index contributed by atoms with van der Waals surface area (Å²) in [7, 11) is 0. The number of aromatic nitrogens is 2. The van der Waals surface area contributed by atoms with Crippen molar-refractivity contribution in [1.29, 1.82) is 5.26 Å². The van der Waals surface area contributed by atoms with Gasteiger partial charge in [0.1, 0.15) is 29.8 Å². The molecular formula is C41H40N8O6. The Morgan fingerprint density at radius 3 is 2.33 bits per heavy atom. The van der Waals surface area contributed by atoms with Crippen molar-refractivity contribution in [3.05, 3.63) is 89.2 Å². The van der Waals surface area contributed by atoms with Gasteiger partial charge in [-0.15, -0.1) is 0 Å². The van der Waals surface area contributed by atoms with Crippen molar-refractivity contribution in [1.82, 2.24) is 25.5 Å². The molecule has 5 heterocycles. The van der Waals surface area contributed by atoms with E-state index in [4.69, 9.17) is 4.74 Å². The van der Waals surface area contributed by atoms with Crippen LogP contribution in [0.2, 0.25) is 0 Å². The molecule has 4 aliphatic rings. The topological polar surface area (TPSA) is 178 Å². The third kappa shape index (κ3) is 5.90. The molecule has 14 nitrogen and oxygen atoms in total. The third-order valence-corrected chi connectivity index (χ3v) is 11.6. The number of nitriles is 1. The summed E-state index contributed by atoms with van der Waals surface area (Å²) in [5, 5.41) is 15.8. The molecule has 0 spiro atoms. The van der Waals surface area contributed by atoms with Gasteiger partial charge in [0.25, 0.3) is 17.7 Å². The van der Waals surface area contributed by atoms with Crippen molar-refractivity contribution in [2.24, 2.45) is 10.8 Å². The van der Waals surface area contributed by atoms with Crippen LogP contribution in [0.3, 0.4) is 0 Å². The summed E-state index contributed by atoms with van der Waals surface area (Å²) in [4.78, 5) is 78.3. The van der Waals surface area contributed by atoms with E-state index in [2.05, 4.69) is 64.2 Å². The molecule has 1 atom stereocenters. The predicted molar refractivity (Wildman–Crippen MR) is 201 cm³/mol. The number of nitrogens with zero attached hydrogens (tertiary/aromatic N) is 6. The molecule has 3 fully saturated rings. The van der Waals surface area contributed by atoms with E-state index in [1.54, 1.807) is 36.7 Å². The lowest BCUT2D eigenvalue weighted by Gasteiger charge is -2.63. The second-order valence-electron chi connectivity index (χ2n) is 15.7. The summed E-state index contributed by atoms with van der Waals surface area (Å²) >= 11 is 0. The third-order valence-electron chi connectivity index (χ3n) is 11.6. The summed E-state index contributed by atoms with van der Waals surface area (Å²) in [6, 6.07) is 17.0. The number of piperazine rings is 1. The average Bonchev–Trinajstić information content (AvgIpc) is 3.43. The quantitative estimate of drug-likeness (QED) is 0.263. The first-order chi connectivity index (χ1) is 26.3. The summed E-state index contributed by atoms with van der Waals surface area (Å²) in [5.41, 5.74) is 1.99. The van der Waals surface area contributed by atoms with E-state index in [0.29, 0.717) is 48.6 Å². The van der Waals surface area contributed by atoms with E-state index >= 15 is 0 Å². The molecule has 14 heteroatoms. The number of pyridine rings is 2. The van der Waals surface area contributed by atoms with Gasteiger partial charge >= 0.3 is 0 Å². The fourth-order valence-electron chi connectivity index (χ4n) is 9.04. The zero-order valence-electron chi connectivity index (χ0n) is 31.0.